The molecular weight excluding hydrogens is 262 g/mol. The molecule has 0 saturated carbocycles. The second-order valence-corrected chi connectivity index (χ2v) is 5.24. The van der Waals surface area contributed by atoms with Crippen LogP contribution in [0.3, 0.4) is 0 Å². The molecule has 4 heteroatoms. The minimum Gasteiger partial charge on any atom is -0.439 e. The minimum atomic E-state index is 0.196. The van der Waals surface area contributed by atoms with Gasteiger partial charge in [-0.3, -0.25) is 0 Å². The van der Waals surface area contributed by atoms with Gasteiger partial charge in [-0.2, -0.15) is 0 Å². The molecule has 1 aromatic heterocycles. The van der Waals surface area contributed by atoms with Crippen LogP contribution in [0.1, 0.15) is 25.3 Å². The summed E-state index contributed by atoms with van der Waals surface area (Å²) in [5.41, 5.74) is 6.77. The van der Waals surface area contributed by atoms with Gasteiger partial charge in [0.05, 0.1) is 5.56 Å². The second kappa shape index (κ2) is 5.40. The molecule has 1 heterocycles. The van der Waals surface area contributed by atoms with Crippen molar-refractivity contribution in [2.45, 2.75) is 19.8 Å². The Kier molecular flexibility index (Phi) is 3.44. The molecule has 0 aliphatic heterocycles. The highest BCUT2D eigenvalue weighted by Crippen LogP contribution is 2.32. The summed E-state index contributed by atoms with van der Waals surface area (Å²) in [6.07, 6.45) is 1.43. The summed E-state index contributed by atoms with van der Waals surface area (Å²) in [4.78, 5) is 8.26. The van der Waals surface area contributed by atoms with Gasteiger partial charge in [-0.25, -0.2) is 9.97 Å². The van der Waals surface area contributed by atoms with E-state index in [0.29, 0.717) is 11.7 Å². The minimum absolute atomic E-state index is 0.196. The van der Waals surface area contributed by atoms with Crippen molar-refractivity contribution < 1.29 is 4.74 Å². The highest BCUT2D eigenvalue weighted by Gasteiger charge is 2.15. The maximum Gasteiger partial charge on any atom is 0.227 e. The van der Waals surface area contributed by atoms with E-state index < -0.39 is 0 Å². The molecule has 0 amide bonds. The van der Waals surface area contributed by atoms with Crippen molar-refractivity contribution >= 4 is 16.6 Å². The quantitative estimate of drug-likeness (QED) is 0.783. The monoisotopic (exact) mass is 279 g/mol. The average molecular weight is 279 g/mol. The molecule has 0 saturated heterocycles. The van der Waals surface area contributed by atoms with Crippen molar-refractivity contribution in [1.82, 2.24) is 9.97 Å². The van der Waals surface area contributed by atoms with Crippen LogP contribution in [-0.2, 0) is 0 Å². The van der Waals surface area contributed by atoms with E-state index in [-0.39, 0.29) is 5.92 Å². The summed E-state index contributed by atoms with van der Waals surface area (Å²) < 4.78 is 5.93. The molecule has 0 fully saturated rings. The summed E-state index contributed by atoms with van der Waals surface area (Å²) in [5, 5.41) is 2.30. The number of aromatic nitrogens is 2. The molecule has 0 aliphatic rings. The van der Waals surface area contributed by atoms with Gasteiger partial charge in [-0.15, -0.1) is 0 Å². The van der Waals surface area contributed by atoms with Gasteiger partial charge in [0.25, 0.3) is 0 Å². The van der Waals surface area contributed by atoms with Gasteiger partial charge in [0, 0.05) is 0 Å². The van der Waals surface area contributed by atoms with Crippen molar-refractivity contribution in [3.05, 3.63) is 54.4 Å². The van der Waals surface area contributed by atoms with Crippen LogP contribution >= 0.6 is 0 Å². The number of hydrogen-bond donors (Lipinski definition) is 1. The zero-order valence-electron chi connectivity index (χ0n) is 12.1. The lowest BCUT2D eigenvalue weighted by atomic mass is 10.1. The number of nitrogens with two attached hydrogens (primary N) is 1. The average Bonchev–Trinajstić information content (AvgIpc) is 2.47. The molecular formula is C17H17N3O. The lowest BCUT2D eigenvalue weighted by Gasteiger charge is -2.14. The van der Waals surface area contributed by atoms with Crippen molar-refractivity contribution in [1.29, 1.82) is 0 Å². The van der Waals surface area contributed by atoms with Crippen molar-refractivity contribution in [3.8, 4) is 11.6 Å². The van der Waals surface area contributed by atoms with Crippen LogP contribution in [-0.4, -0.2) is 9.97 Å². The number of rotatable bonds is 3. The fourth-order valence-electron chi connectivity index (χ4n) is 2.36. The molecule has 0 spiro atoms. The van der Waals surface area contributed by atoms with Gasteiger partial charge in [-0.1, -0.05) is 44.2 Å². The summed E-state index contributed by atoms with van der Waals surface area (Å²) >= 11 is 0. The van der Waals surface area contributed by atoms with Crippen LogP contribution in [0.2, 0.25) is 0 Å². The zero-order chi connectivity index (χ0) is 14.8. The Morgan fingerprint density at radius 1 is 1.00 bits per heavy atom. The number of nitrogens with zero attached hydrogens (tertiary/aromatic N) is 2. The Morgan fingerprint density at radius 3 is 2.52 bits per heavy atom. The predicted molar refractivity (Wildman–Crippen MR) is 84.6 cm³/mol. The number of fused-ring (bicyclic) bond motifs is 1. The third-order valence-corrected chi connectivity index (χ3v) is 3.39. The van der Waals surface area contributed by atoms with Gasteiger partial charge in [0.15, 0.2) is 0 Å². The predicted octanol–water partition coefficient (Wildman–Crippen LogP) is 4.13. The lowest BCUT2D eigenvalue weighted by molar-refractivity contribution is 0.452. The fraction of sp³-hybridized carbons (Fsp3) is 0.176. The molecule has 0 aliphatic carbocycles. The van der Waals surface area contributed by atoms with Crippen LogP contribution in [0.25, 0.3) is 10.8 Å². The van der Waals surface area contributed by atoms with E-state index in [4.69, 9.17) is 10.5 Å². The number of benzene rings is 2. The molecule has 0 unspecified atom stereocenters. The standard InChI is InChI=1S/C17H17N3O/c1-11(2)15-16(18)19-10-20-17(15)21-14-8-7-12-5-3-4-6-13(12)9-14/h3-11H,1-2H3,(H2,18,19,20). The highest BCUT2D eigenvalue weighted by atomic mass is 16.5. The Bertz CT molecular complexity index is 784. The lowest BCUT2D eigenvalue weighted by Crippen LogP contribution is -2.04. The SMILES string of the molecule is CC(C)c1c(N)ncnc1Oc1ccc2ccccc2c1. The first-order valence-electron chi connectivity index (χ1n) is 6.92. The summed E-state index contributed by atoms with van der Waals surface area (Å²) in [6.45, 7) is 4.09. The van der Waals surface area contributed by atoms with E-state index >= 15 is 0 Å². The molecule has 0 atom stereocenters. The fourth-order valence-corrected chi connectivity index (χ4v) is 2.36. The largest absolute Gasteiger partial charge is 0.439 e. The van der Waals surface area contributed by atoms with Gasteiger partial charge in [0.2, 0.25) is 5.88 Å². The Hall–Kier alpha value is -2.62. The molecule has 106 valence electrons. The smallest absolute Gasteiger partial charge is 0.227 e. The van der Waals surface area contributed by atoms with E-state index in [2.05, 4.69) is 22.1 Å². The summed E-state index contributed by atoms with van der Waals surface area (Å²) in [6, 6.07) is 14.1. The first-order chi connectivity index (χ1) is 10.1. The van der Waals surface area contributed by atoms with E-state index in [0.717, 1.165) is 16.7 Å². The molecule has 2 N–H and O–H groups in total. The van der Waals surface area contributed by atoms with Crippen molar-refractivity contribution in [3.63, 3.8) is 0 Å². The molecule has 4 nitrogen and oxygen atoms in total. The van der Waals surface area contributed by atoms with Gasteiger partial charge in [0.1, 0.15) is 17.9 Å². The van der Waals surface area contributed by atoms with E-state index in [1.807, 2.05) is 44.2 Å². The van der Waals surface area contributed by atoms with Crippen LogP contribution in [0.15, 0.2) is 48.8 Å². The normalized spacial score (nSPS) is 11.0. The second-order valence-electron chi connectivity index (χ2n) is 5.24. The number of anilines is 1. The Labute approximate surface area is 123 Å². The van der Waals surface area contributed by atoms with Gasteiger partial charge < -0.3 is 10.5 Å². The topological polar surface area (TPSA) is 61.0 Å². The molecule has 0 bridgehead atoms. The molecule has 0 radical (unpaired) electrons. The van der Waals surface area contributed by atoms with Crippen LogP contribution in [0, 0.1) is 0 Å². The number of hydrogen-bond acceptors (Lipinski definition) is 4. The van der Waals surface area contributed by atoms with Crippen molar-refractivity contribution in [2.24, 2.45) is 0 Å². The van der Waals surface area contributed by atoms with E-state index in [1.54, 1.807) is 0 Å². The zero-order valence-corrected chi connectivity index (χ0v) is 12.1. The highest BCUT2D eigenvalue weighted by molar-refractivity contribution is 5.83. The number of ether oxygens (including phenoxy) is 1. The number of nitrogen functional groups attached to an aromatic ring is 1. The van der Waals surface area contributed by atoms with Crippen LogP contribution in [0.5, 0.6) is 11.6 Å². The van der Waals surface area contributed by atoms with E-state index in [1.165, 1.54) is 11.7 Å². The molecule has 21 heavy (non-hydrogen) atoms. The van der Waals surface area contributed by atoms with E-state index in [9.17, 15) is 0 Å². The summed E-state index contributed by atoms with van der Waals surface area (Å²) in [7, 11) is 0. The van der Waals surface area contributed by atoms with Gasteiger partial charge >= 0.3 is 0 Å². The molecule has 3 rings (SSSR count). The Morgan fingerprint density at radius 2 is 1.76 bits per heavy atom. The van der Waals surface area contributed by atoms with Gasteiger partial charge in [-0.05, 0) is 28.8 Å². The van der Waals surface area contributed by atoms with Crippen LogP contribution in [0.4, 0.5) is 5.82 Å². The van der Waals surface area contributed by atoms with Crippen LogP contribution < -0.4 is 10.5 Å². The first-order valence-corrected chi connectivity index (χ1v) is 6.92. The third-order valence-electron chi connectivity index (χ3n) is 3.39. The third kappa shape index (κ3) is 2.65. The maximum absolute atomic E-state index is 5.94. The maximum atomic E-state index is 5.94. The Balaban J connectivity index is 2.00. The molecule has 3 aromatic rings. The summed E-state index contributed by atoms with van der Waals surface area (Å²) in [5.74, 6) is 1.93. The van der Waals surface area contributed by atoms with Crippen molar-refractivity contribution in [2.75, 3.05) is 5.73 Å². The molecule has 2 aromatic carbocycles. The first kappa shape index (κ1) is 13.4.